The maximum atomic E-state index is 13.8. The molecular formula is C17H20FN3O2. The standard InChI is InChI=1S/C17H20FN3O2/c18-14-9-19-7-5-13(14)17(23)20-8-6-15-11(10-20)1-4-16(22)21(15)12-2-3-12/h5,7,9,11-12,15H,1-4,6,8,10H2. The van der Waals surface area contributed by atoms with Gasteiger partial charge in [-0.05, 0) is 37.7 Å². The van der Waals surface area contributed by atoms with Crippen molar-refractivity contribution in [2.24, 2.45) is 5.92 Å². The number of aromatic nitrogens is 1. The molecule has 2 amide bonds. The molecule has 2 saturated heterocycles. The van der Waals surface area contributed by atoms with Crippen molar-refractivity contribution in [1.29, 1.82) is 0 Å². The second-order valence-electron chi connectivity index (χ2n) is 6.79. The van der Waals surface area contributed by atoms with Gasteiger partial charge in [-0.15, -0.1) is 0 Å². The fourth-order valence-electron chi connectivity index (χ4n) is 4.02. The van der Waals surface area contributed by atoms with Crippen LogP contribution in [0.4, 0.5) is 4.39 Å². The lowest BCUT2D eigenvalue weighted by molar-refractivity contribution is -0.141. The first-order chi connectivity index (χ1) is 11.1. The van der Waals surface area contributed by atoms with Crippen LogP contribution in [0.5, 0.6) is 0 Å². The van der Waals surface area contributed by atoms with Gasteiger partial charge in [0.15, 0.2) is 5.82 Å². The van der Waals surface area contributed by atoms with Gasteiger partial charge in [0.25, 0.3) is 5.91 Å². The molecule has 0 spiro atoms. The second kappa shape index (κ2) is 5.58. The molecule has 122 valence electrons. The van der Waals surface area contributed by atoms with E-state index in [2.05, 4.69) is 9.88 Å². The van der Waals surface area contributed by atoms with Gasteiger partial charge in [0.05, 0.1) is 11.8 Å². The zero-order valence-corrected chi connectivity index (χ0v) is 12.9. The smallest absolute Gasteiger partial charge is 0.256 e. The summed E-state index contributed by atoms with van der Waals surface area (Å²) in [4.78, 5) is 32.3. The Bertz CT molecular complexity index is 646. The third-order valence-corrected chi connectivity index (χ3v) is 5.30. The van der Waals surface area contributed by atoms with Gasteiger partial charge in [-0.25, -0.2) is 4.39 Å². The first-order valence-electron chi connectivity index (χ1n) is 8.35. The normalized spacial score (nSPS) is 27.8. The number of carbonyl (C=O) groups excluding carboxylic acids is 2. The van der Waals surface area contributed by atoms with Crippen LogP contribution in [0.1, 0.15) is 42.5 Å². The number of nitrogens with zero attached hydrogens (tertiary/aromatic N) is 3. The van der Waals surface area contributed by atoms with Crippen LogP contribution >= 0.6 is 0 Å². The van der Waals surface area contributed by atoms with E-state index in [0.717, 1.165) is 31.9 Å². The SMILES string of the molecule is O=C(c1ccncc1F)N1CCC2C(CCC(=O)N2C2CC2)C1. The largest absolute Gasteiger partial charge is 0.338 e. The summed E-state index contributed by atoms with van der Waals surface area (Å²) in [6, 6.07) is 2.12. The molecule has 3 heterocycles. The Morgan fingerprint density at radius 1 is 1.26 bits per heavy atom. The van der Waals surface area contributed by atoms with E-state index in [9.17, 15) is 14.0 Å². The van der Waals surface area contributed by atoms with E-state index in [1.165, 1.54) is 12.3 Å². The van der Waals surface area contributed by atoms with Crippen molar-refractivity contribution >= 4 is 11.8 Å². The maximum Gasteiger partial charge on any atom is 0.256 e. The molecule has 0 aromatic carbocycles. The van der Waals surface area contributed by atoms with E-state index in [1.54, 1.807) is 4.90 Å². The average molecular weight is 317 g/mol. The van der Waals surface area contributed by atoms with Crippen LogP contribution in [-0.4, -0.2) is 51.8 Å². The van der Waals surface area contributed by atoms with Gasteiger partial charge in [0.2, 0.25) is 5.91 Å². The predicted molar refractivity (Wildman–Crippen MR) is 81.1 cm³/mol. The Hall–Kier alpha value is -1.98. The molecule has 3 fully saturated rings. The Balaban J connectivity index is 1.50. The number of piperidine rings is 2. The molecule has 6 heteroatoms. The number of carbonyl (C=O) groups is 2. The molecule has 0 radical (unpaired) electrons. The van der Waals surface area contributed by atoms with Crippen molar-refractivity contribution in [2.75, 3.05) is 13.1 Å². The quantitative estimate of drug-likeness (QED) is 0.836. The number of pyridine rings is 1. The van der Waals surface area contributed by atoms with Crippen molar-refractivity contribution < 1.29 is 14.0 Å². The Labute approximate surface area is 134 Å². The Morgan fingerprint density at radius 2 is 2.09 bits per heavy atom. The minimum atomic E-state index is -0.571. The highest BCUT2D eigenvalue weighted by atomic mass is 19.1. The van der Waals surface area contributed by atoms with Crippen molar-refractivity contribution in [2.45, 2.75) is 44.2 Å². The van der Waals surface area contributed by atoms with Gasteiger partial charge < -0.3 is 9.80 Å². The number of fused-ring (bicyclic) bond motifs is 1. The molecule has 2 unspecified atom stereocenters. The predicted octanol–water partition coefficient (Wildman–Crippen LogP) is 1.84. The molecule has 1 aromatic heterocycles. The summed E-state index contributed by atoms with van der Waals surface area (Å²) in [5, 5.41) is 0. The fraction of sp³-hybridized carbons (Fsp3) is 0.588. The van der Waals surface area contributed by atoms with E-state index in [-0.39, 0.29) is 23.4 Å². The van der Waals surface area contributed by atoms with E-state index < -0.39 is 5.82 Å². The molecular weight excluding hydrogens is 297 g/mol. The van der Waals surface area contributed by atoms with Crippen molar-refractivity contribution in [3.05, 3.63) is 29.8 Å². The van der Waals surface area contributed by atoms with Crippen molar-refractivity contribution in [3.63, 3.8) is 0 Å². The third-order valence-electron chi connectivity index (χ3n) is 5.30. The van der Waals surface area contributed by atoms with Gasteiger partial charge in [0.1, 0.15) is 0 Å². The van der Waals surface area contributed by atoms with Crippen molar-refractivity contribution in [1.82, 2.24) is 14.8 Å². The highest BCUT2D eigenvalue weighted by Gasteiger charge is 2.45. The monoisotopic (exact) mass is 317 g/mol. The van der Waals surface area contributed by atoms with Gasteiger partial charge >= 0.3 is 0 Å². The lowest BCUT2D eigenvalue weighted by atomic mass is 9.83. The molecule has 1 aromatic rings. The van der Waals surface area contributed by atoms with Crippen LogP contribution in [0.3, 0.4) is 0 Å². The topological polar surface area (TPSA) is 53.5 Å². The third kappa shape index (κ3) is 2.60. The van der Waals surface area contributed by atoms with Crippen LogP contribution in [0.25, 0.3) is 0 Å². The number of amides is 2. The summed E-state index contributed by atoms with van der Waals surface area (Å²) in [5.74, 6) is -0.249. The minimum Gasteiger partial charge on any atom is -0.338 e. The van der Waals surface area contributed by atoms with E-state index in [4.69, 9.17) is 0 Å². The van der Waals surface area contributed by atoms with E-state index in [1.807, 2.05) is 0 Å². The molecule has 4 rings (SSSR count). The van der Waals surface area contributed by atoms with Gasteiger partial charge in [0, 0.05) is 37.8 Å². The molecule has 1 saturated carbocycles. The van der Waals surface area contributed by atoms with Crippen LogP contribution in [0, 0.1) is 11.7 Å². The second-order valence-corrected chi connectivity index (χ2v) is 6.79. The summed E-state index contributed by atoms with van der Waals surface area (Å²) in [5.41, 5.74) is 0.0874. The maximum absolute atomic E-state index is 13.8. The molecule has 1 aliphatic carbocycles. The molecule has 0 N–H and O–H groups in total. The summed E-state index contributed by atoms with van der Waals surface area (Å²) < 4.78 is 13.8. The van der Waals surface area contributed by atoms with E-state index >= 15 is 0 Å². The first-order valence-corrected chi connectivity index (χ1v) is 8.35. The molecule has 2 atom stereocenters. The number of halogens is 1. The summed E-state index contributed by atoms with van der Waals surface area (Å²) >= 11 is 0. The molecule has 3 aliphatic rings. The lowest BCUT2D eigenvalue weighted by Gasteiger charge is -2.47. The summed E-state index contributed by atoms with van der Waals surface area (Å²) in [6.45, 7) is 1.19. The summed E-state index contributed by atoms with van der Waals surface area (Å²) in [7, 11) is 0. The Morgan fingerprint density at radius 3 is 2.83 bits per heavy atom. The fourth-order valence-corrected chi connectivity index (χ4v) is 4.02. The number of hydrogen-bond donors (Lipinski definition) is 0. The number of hydrogen-bond acceptors (Lipinski definition) is 3. The van der Waals surface area contributed by atoms with Crippen molar-refractivity contribution in [3.8, 4) is 0 Å². The van der Waals surface area contributed by atoms with Crippen LogP contribution in [-0.2, 0) is 4.79 Å². The minimum absolute atomic E-state index is 0.0874. The zero-order chi connectivity index (χ0) is 16.0. The van der Waals surface area contributed by atoms with Crippen LogP contribution in [0.15, 0.2) is 18.5 Å². The van der Waals surface area contributed by atoms with Gasteiger partial charge in [-0.2, -0.15) is 0 Å². The molecule has 5 nitrogen and oxygen atoms in total. The molecule has 2 aliphatic heterocycles. The summed E-state index contributed by atoms with van der Waals surface area (Å²) in [6.07, 6.45) is 6.94. The van der Waals surface area contributed by atoms with Crippen LogP contribution in [0.2, 0.25) is 0 Å². The first kappa shape index (κ1) is 14.6. The lowest BCUT2D eigenvalue weighted by Crippen LogP contribution is -2.57. The Kier molecular flexibility index (Phi) is 3.54. The average Bonchev–Trinajstić information content (AvgIpc) is 3.39. The van der Waals surface area contributed by atoms with Crippen LogP contribution < -0.4 is 0 Å². The van der Waals surface area contributed by atoms with E-state index in [0.29, 0.717) is 31.5 Å². The highest BCUT2D eigenvalue weighted by molar-refractivity contribution is 5.94. The van der Waals surface area contributed by atoms with Gasteiger partial charge in [-0.1, -0.05) is 0 Å². The number of rotatable bonds is 2. The van der Waals surface area contributed by atoms with Gasteiger partial charge in [-0.3, -0.25) is 14.6 Å². The molecule has 23 heavy (non-hydrogen) atoms. The zero-order valence-electron chi connectivity index (χ0n) is 12.9. The molecule has 0 bridgehead atoms. The highest BCUT2D eigenvalue weighted by Crippen LogP contribution is 2.39. The number of likely N-dealkylation sites (tertiary alicyclic amines) is 2.